The fraction of sp³-hybridized carbons (Fsp3) is 0.0206. The predicted molar refractivity (Wildman–Crippen MR) is 428 cm³/mol. The average molecular weight is 1380 g/mol. The highest BCUT2D eigenvalue weighted by Crippen LogP contribution is 2.66. The maximum atomic E-state index is 7.54. The predicted octanol–water partition coefficient (Wildman–Crippen LogP) is 23.8. The van der Waals surface area contributed by atoms with E-state index in [1.165, 1.54) is 49.2 Å². The quantitative estimate of drug-likeness (QED) is 0.140. The molecule has 10 heteroatoms. The molecule has 107 heavy (non-hydrogen) atoms. The SMILES string of the molecule is c1ccc(-c2nc(-c3cccc(-c4cccc5c4Oc4ccccc4C54c5ccccc5-c5ccccc54)c3)nc(-c3ccc4c(c3)sc3ccc(-c5ccc6c(c5)Oc5c(-c7cccc(-c8nc(-c9ccccc9)nc(-c9ccccn9)n8)c7)cccc5C65c6ccccc6-c6ccccc65)cc34)n2)cc1. The van der Waals surface area contributed by atoms with E-state index in [4.69, 9.17) is 39.4 Å². The largest absolute Gasteiger partial charge is 0.456 e. The van der Waals surface area contributed by atoms with Crippen molar-refractivity contribution in [1.29, 1.82) is 0 Å². The van der Waals surface area contributed by atoms with Gasteiger partial charge in [-0.15, -0.1) is 11.3 Å². The van der Waals surface area contributed by atoms with Gasteiger partial charge in [0.25, 0.3) is 0 Å². The normalized spacial score (nSPS) is 13.3. The second-order valence-electron chi connectivity index (χ2n) is 27.7. The molecule has 2 aliphatic heterocycles. The van der Waals surface area contributed by atoms with Gasteiger partial charge in [-0.1, -0.05) is 285 Å². The van der Waals surface area contributed by atoms with Crippen LogP contribution in [0.2, 0.25) is 0 Å². The number of rotatable bonds is 9. The van der Waals surface area contributed by atoms with Crippen LogP contribution in [0.3, 0.4) is 0 Å². The van der Waals surface area contributed by atoms with Gasteiger partial charge in [-0.3, -0.25) is 4.98 Å². The second-order valence-corrected chi connectivity index (χ2v) is 28.8. The molecule has 0 saturated heterocycles. The fourth-order valence-corrected chi connectivity index (χ4v) is 18.5. The Bertz CT molecular complexity index is 6590. The molecule has 0 bridgehead atoms. The lowest BCUT2D eigenvalue weighted by Gasteiger charge is -2.40. The van der Waals surface area contributed by atoms with Crippen molar-refractivity contribution in [2.45, 2.75) is 10.8 Å². The first-order valence-electron chi connectivity index (χ1n) is 36.0. The summed E-state index contributed by atoms with van der Waals surface area (Å²) in [5.74, 6) is 6.63. The zero-order valence-corrected chi connectivity index (χ0v) is 58.1. The minimum atomic E-state index is -0.706. The maximum absolute atomic E-state index is 7.54. The van der Waals surface area contributed by atoms with Gasteiger partial charge in [0.2, 0.25) is 0 Å². The number of ether oxygens (including phenoxy) is 2. The van der Waals surface area contributed by atoms with Crippen molar-refractivity contribution in [3.8, 4) is 147 Å². The Morgan fingerprint density at radius 1 is 0.224 bits per heavy atom. The van der Waals surface area contributed by atoms with E-state index in [2.05, 4.69) is 278 Å². The van der Waals surface area contributed by atoms with Crippen molar-refractivity contribution >= 4 is 31.5 Å². The number of thiophene rings is 1. The number of hydrogen-bond donors (Lipinski definition) is 0. The number of aromatic nitrogens is 7. The van der Waals surface area contributed by atoms with Gasteiger partial charge < -0.3 is 9.47 Å². The molecule has 4 aliphatic rings. The molecule has 9 nitrogen and oxygen atoms in total. The zero-order valence-electron chi connectivity index (χ0n) is 57.3. The summed E-state index contributed by atoms with van der Waals surface area (Å²) in [5, 5.41) is 2.32. The molecule has 14 aromatic carbocycles. The van der Waals surface area contributed by atoms with Gasteiger partial charge in [-0.2, -0.15) is 0 Å². The van der Waals surface area contributed by atoms with Gasteiger partial charge >= 0.3 is 0 Å². The second kappa shape index (κ2) is 23.8. The molecule has 22 rings (SSSR count). The van der Waals surface area contributed by atoms with Crippen LogP contribution in [0.25, 0.3) is 144 Å². The fourth-order valence-electron chi connectivity index (χ4n) is 17.4. The van der Waals surface area contributed by atoms with Crippen LogP contribution >= 0.6 is 11.3 Å². The van der Waals surface area contributed by atoms with Gasteiger partial charge in [0.15, 0.2) is 34.9 Å². The first-order valence-corrected chi connectivity index (χ1v) is 36.8. The molecule has 0 amide bonds. The molecule has 0 N–H and O–H groups in total. The van der Waals surface area contributed by atoms with Crippen LogP contribution in [-0.2, 0) is 10.8 Å². The molecule has 498 valence electrons. The highest BCUT2D eigenvalue weighted by molar-refractivity contribution is 7.25. The summed E-state index contributed by atoms with van der Waals surface area (Å²) in [6, 6.07) is 121. The van der Waals surface area contributed by atoms with Crippen LogP contribution in [0, 0.1) is 0 Å². The maximum Gasteiger partial charge on any atom is 0.182 e. The van der Waals surface area contributed by atoms with E-state index in [1.54, 1.807) is 17.5 Å². The molecule has 6 heterocycles. The number of benzene rings is 14. The van der Waals surface area contributed by atoms with Gasteiger partial charge in [-0.05, 0) is 121 Å². The number of hydrogen-bond acceptors (Lipinski definition) is 10. The Morgan fingerprint density at radius 2 is 0.617 bits per heavy atom. The van der Waals surface area contributed by atoms with Crippen LogP contribution in [0.4, 0.5) is 0 Å². The molecular weight excluding hydrogens is 1330 g/mol. The molecule has 0 radical (unpaired) electrons. The Hall–Kier alpha value is -13.9. The topological polar surface area (TPSA) is 109 Å². The third-order valence-corrected chi connectivity index (χ3v) is 23.1. The molecule has 0 fully saturated rings. The van der Waals surface area contributed by atoms with E-state index in [0.717, 1.165) is 122 Å². The van der Waals surface area contributed by atoms with Crippen molar-refractivity contribution in [2.24, 2.45) is 0 Å². The van der Waals surface area contributed by atoms with E-state index in [0.29, 0.717) is 40.6 Å². The molecule has 0 unspecified atom stereocenters. The van der Waals surface area contributed by atoms with Gasteiger partial charge in [0.05, 0.1) is 10.8 Å². The number of para-hydroxylation sites is 3. The summed E-state index contributed by atoms with van der Waals surface area (Å²) < 4.78 is 17.0. The molecule has 0 atom stereocenters. The van der Waals surface area contributed by atoms with Crippen molar-refractivity contribution in [3.63, 3.8) is 0 Å². The first-order chi connectivity index (χ1) is 53.0. The van der Waals surface area contributed by atoms with Crippen LogP contribution in [0.1, 0.15) is 44.5 Å². The summed E-state index contributed by atoms with van der Waals surface area (Å²) in [7, 11) is 0. The van der Waals surface area contributed by atoms with Gasteiger partial charge in [-0.25, -0.2) is 29.9 Å². The van der Waals surface area contributed by atoms with E-state index in [9.17, 15) is 0 Å². The minimum Gasteiger partial charge on any atom is -0.456 e. The Balaban J connectivity index is 0.635. The van der Waals surface area contributed by atoms with E-state index in [-0.39, 0.29) is 0 Å². The summed E-state index contributed by atoms with van der Waals surface area (Å²) in [6.45, 7) is 0. The third-order valence-electron chi connectivity index (χ3n) is 22.0. The van der Waals surface area contributed by atoms with Gasteiger partial charge in [0.1, 0.15) is 28.7 Å². The minimum absolute atomic E-state index is 0.498. The lowest BCUT2D eigenvalue weighted by atomic mass is 9.65. The summed E-state index contributed by atoms with van der Waals surface area (Å²) in [4.78, 5) is 35.7. The Kier molecular flexibility index (Phi) is 13.5. The monoisotopic (exact) mass is 1380 g/mol. The lowest BCUT2D eigenvalue weighted by molar-refractivity contribution is 0.438. The van der Waals surface area contributed by atoms with Crippen LogP contribution < -0.4 is 9.47 Å². The van der Waals surface area contributed by atoms with E-state index in [1.807, 2.05) is 66.7 Å². The number of nitrogens with zero attached hydrogens (tertiary/aromatic N) is 7. The molecular formula is C97H57N7O2S. The van der Waals surface area contributed by atoms with Crippen molar-refractivity contribution in [2.75, 3.05) is 0 Å². The van der Waals surface area contributed by atoms with E-state index >= 15 is 0 Å². The first kappa shape index (κ1) is 60.6. The molecule has 4 aromatic heterocycles. The van der Waals surface area contributed by atoms with Crippen LogP contribution in [0.5, 0.6) is 23.0 Å². The summed E-state index contributed by atoms with van der Waals surface area (Å²) in [5.41, 5.74) is 24.0. The van der Waals surface area contributed by atoms with Crippen molar-refractivity contribution < 1.29 is 9.47 Å². The zero-order chi connectivity index (χ0) is 70.3. The molecule has 2 spiro atoms. The number of pyridine rings is 1. The van der Waals surface area contributed by atoms with E-state index < -0.39 is 10.8 Å². The standard InChI is InChI=1S/C97H57N7O2S/c1-3-23-58(24-4-1)90-99-92(64-29-19-27-62(53-64)67-35-21-42-81-88(67)105-84-45-16-15-41-79(84)96(81)75-37-11-7-31-69(75)70-32-8-12-38-76(70)96)102-94(100-90)66-46-49-73-74-55-60(48-51-86(74)107-87(73)57-66)61-47-50-80-85(56-61)106-89-68(36-22-43-82(89)97(80)77-39-13-9-33-71(77)72-34-10-14-40-78(72)97)63-28-20-30-65(54-63)93-101-91(59-25-5-2-6-26-59)103-95(104-93)83-44-17-18-52-98-83/h1-57H. The highest BCUT2D eigenvalue weighted by Gasteiger charge is 2.53. The molecule has 18 aromatic rings. The summed E-state index contributed by atoms with van der Waals surface area (Å²) >= 11 is 1.77. The van der Waals surface area contributed by atoms with Gasteiger partial charge in [0, 0.05) is 87.6 Å². The molecule has 2 aliphatic carbocycles. The third kappa shape index (κ3) is 9.26. The Labute approximate surface area is 620 Å². The summed E-state index contributed by atoms with van der Waals surface area (Å²) in [6.07, 6.45) is 1.76. The molecule has 0 saturated carbocycles. The van der Waals surface area contributed by atoms with Crippen LogP contribution in [-0.4, -0.2) is 34.9 Å². The lowest BCUT2D eigenvalue weighted by Crippen LogP contribution is -2.32. The number of fused-ring (bicyclic) bond motifs is 21. The smallest absolute Gasteiger partial charge is 0.182 e. The van der Waals surface area contributed by atoms with Crippen molar-refractivity contribution in [1.82, 2.24) is 34.9 Å². The van der Waals surface area contributed by atoms with Crippen LogP contribution in [0.15, 0.2) is 346 Å². The Morgan fingerprint density at radius 3 is 1.16 bits per heavy atom. The highest BCUT2D eigenvalue weighted by atomic mass is 32.1. The van der Waals surface area contributed by atoms with Crippen molar-refractivity contribution in [3.05, 3.63) is 390 Å². The average Bonchev–Trinajstić information content (AvgIpc) is 1.58.